The molecule has 1 saturated heterocycles. The summed E-state index contributed by atoms with van der Waals surface area (Å²) in [7, 11) is -2.33. The molecule has 0 spiro atoms. The van der Waals surface area contributed by atoms with Gasteiger partial charge in [-0.15, -0.1) is 6.58 Å². The monoisotopic (exact) mass is 220 g/mol. The summed E-state index contributed by atoms with van der Waals surface area (Å²) in [6.45, 7) is 3.96. The van der Waals surface area contributed by atoms with Crippen LogP contribution in [-0.4, -0.2) is 25.2 Å². The quantitative estimate of drug-likeness (QED) is 0.296. The first-order valence-electron chi connectivity index (χ1n) is 4.35. The highest BCUT2D eigenvalue weighted by Gasteiger charge is 2.30. The zero-order chi connectivity index (χ0) is 10.4. The molecule has 1 heterocycles. The highest BCUT2D eigenvalue weighted by molar-refractivity contribution is 7.39. The Bertz CT molecular complexity index is 240. The third-order valence-corrected chi connectivity index (χ3v) is 2.95. The van der Waals surface area contributed by atoms with E-state index in [4.69, 9.17) is 4.52 Å². The summed E-state index contributed by atoms with van der Waals surface area (Å²) in [6, 6.07) is 0. The fourth-order valence-electron chi connectivity index (χ4n) is 0.937. The summed E-state index contributed by atoms with van der Waals surface area (Å²) < 4.78 is 25.4. The molecule has 0 aliphatic carbocycles. The van der Waals surface area contributed by atoms with Gasteiger partial charge >= 0.3 is 6.16 Å². The van der Waals surface area contributed by atoms with Crippen LogP contribution in [0, 0.1) is 0 Å². The van der Waals surface area contributed by atoms with Gasteiger partial charge in [0.05, 0.1) is 6.61 Å². The van der Waals surface area contributed by atoms with Gasteiger partial charge in [0, 0.05) is 0 Å². The molecule has 14 heavy (non-hydrogen) atoms. The van der Waals surface area contributed by atoms with Gasteiger partial charge in [-0.1, -0.05) is 6.08 Å². The number of ether oxygens (including phenoxy) is 2. The molecule has 2 unspecified atom stereocenters. The minimum absolute atomic E-state index is 0.0259. The largest absolute Gasteiger partial charge is 0.509 e. The zero-order valence-electron chi connectivity index (χ0n) is 7.73. The highest BCUT2D eigenvalue weighted by atomic mass is 31.1. The van der Waals surface area contributed by atoms with Crippen LogP contribution in [0.5, 0.6) is 0 Å². The maximum absolute atomic E-state index is 11.3. The second-order valence-electron chi connectivity index (χ2n) is 2.77. The number of hydrogen-bond acceptors (Lipinski definition) is 5. The van der Waals surface area contributed by atoms with E-state index in [2.05, 4.69) is 16.1 Å². The minimum Gasteiger partial charge on any atom is -0.430 e. The van der Waals surface area contributed by atoms with Gasteiger partial charge in [-0.05, 0) is 12.8 Å². The van der Waals surface area contributed by atoms with Crippen molar-refractivity contribution in [2.24, 2.45) is 0 Å². The molecule has 1 aliphatic heterocycles. The molecule has 0 radical (unpaired) electrons. The molecule has 0 aromatic rings. The first kappa shape index (κ1) is 11.3. The van der Waals surface area contributed by atoms with Crippen LogP contribution in [0.15, 0.2) is 12.7 Å². The van der Waals surface area contributed by atoms with E-state index in [1.54, 1.807) is 6.08 Å². The van der Waals surface area contributed by atoms with Gasteiger partial charge in [-0.2, -0.15) is 0 Å². The van der Waals surface area contributed by atoms with E-state index in [9.17, 15) is 9.36 Å². The van der Waals surface area contributed by atoms with E-state index >= 15 is 0 Å². The lowest BCUT2D eigenvalue weighted by atomic mass is 10.3. The molecule has 0 aromatic heterocycles. The summed E-state index contributed by atoms with van der Waals surface area (Å²) in [5.74, 6) is -0.712. The number of carbonyl (C=O) groups excluding carboxylic acids is 1. The second-order valence-corrected chi connectivity index (χ2v) is 4.34. The predicted octanol–water partition coefficient (Wildman–Crippen LogP) is 1.94. The predicted molar refractivity (Wildman–Crippen MR) is 50.6 cm³/mol. The summed E-state index contributed by atoms with van der Waals surface area (Å²) in [5, 5.41) is 0. The van der Waals surface area contributed by atoms with Crippen molar-refractivity contribution in [3.63, 3.8) is 0 Å². The second kappa shape index (κ2) is 5.83. The van der Waals surface area contributed by atoms with Crippen LogP contribution in [0.4, 0.5) is 4.79 Å². The van der Waals surface area contributed by atoms with Gasteiger partial charge in [-0.25, -0.2) is 4.79 Å². The SMILES string of the molecule is C=CCCCO[PH](=O)C1COC(=O)O1. The standard InChI is InChI=1S/C8H13O5P/c1-2-3-4-5-12-14(10)7-6-11-8(9)13-7/h2,7,14H,1,3-6H2. The van der Waals surface area contributed by atoms with Gasteiger partial charge in [0.15, 0.2) is 0 Å². The van der Waals surface area contributed by atoms with Crippen molar-refractivity contribution in [1.82, 2.24) is 0 Å². The Hall–Kier alpha value is -0.800. The minimum atomic E-state index is -2.33. The molecule has 0 aromatic carbocycles. The molecule has 80 valence electrons. The highest BCUT2D eigenvalue weighted by Crippen LogP contribution is 2.33. The van der Waals surface area contributed by atoms with Gasteiger partial charge in [0.1, 0.15) is 6.61 Å². The number of carbonyl (C=O) groups is 1. The van der Waals surface area contributed by atoms with Crippen molar-refractivity contribution in [1.29, 1.82) is 0 Å². The lowest BCUT2D eigenvalue weighted by Gasteiger charge is -2.06. The lowest BCUT2D eigenvalue weighted by Crippen LogP contribution is -2.05. The van der Waals surface area contributed by atoms with E-state index in [-0.39, 0.29) is 6.61 Å². The molecular weight excluding hydrogens is 207 g/mol. The number of allylic oxidation sites excluding steroid dienone is 1. The van der Waals surface area contributed by atoms with Crippen LogP contribution in [0.1, 0.15) is 12.8 Å². The summed E-state index contributed by atoms with van der Waals surface area (Å²) in [6.07, 6.45) is 2.57. The van der Waals surface area contributed by atoms with Crippen LogP contribution in [-0.2, 0) is 18.6 Å². The van der Waals surface area contributed by atoms with E-state index in [0.717, 1.165) is 12.8 Å². The molecule has 0 saturated carbocycles. The van der Waals surface area contributed by atoms with Crippen LogP contribution in [0.25, 0.3) is 0 Å². The summed E-state index contributed by atoms with van der Waals surface area (Å²) >= 11 is 0. The van der Waals surface area contributed by atoms with Gasteiger partial charge in [0.2, 0.25) is 13.9 Å². The van der Waals surface area contributed by atoms with Crippen LogP contribution in [0.2, 0.25) is 0 Å². The van der Waals surface area contributed by atoms with E-state index in [1.165, 1.54) is 0 Å². The molecule has 2 atom stereocenters. The van der Waals surface area contributed by atoms with E-state index in [0.29, 0.717) is 6.61 Å². The fraction of sp³-hybridized carbons (Fsp3) is 0.625. The Kier molecular flexibility index (Phi) is 4.70. The van der Waals surface area contributed by atoms with Crippen molar-refractivity contribution in [3.8, 4) is 0 Å². The first-order valence-corrected chi connectivity index (χ1v) is 5.74. The van der Waals surface area contributed by atoms with Crippen molar-refractivity contribution in [2.75, 3.05) is 13.2 Å². The Morgan fingerprint density at radius 2 is 2.50 bits per heavy atom. The van der Waals surface area contributed by atoms with Gasteiger partial charge < -0.3 is 14.0 Å². The van der Waals surface area contributed by atoms with Crippen LogP contribution in [0.3, 0.4) is 0 Å². The molecule has 0 bridgehead atoms. The number of hydrogen-bond donors (Lipinski definition) is 0. The van der Waals surface area contributed by atoms with Crippen molar-refractivity contribution in [3.05, 3.63) is 12.7 Å². The normalized spacial score (nSPS) is 22.6. The zero-order valence-corrected chi connectivity index (χ0v) is 8.73. The maximum atomic E-state index is 11.3. The molecular formula is C8H13O5P. The molecule has 5 nitrogen and oxygen atoms in total. The third-order valence-electron chi connectivity index (χ3n) is 1.65. The van der Waals surface area contributed by atoms with E-state index in [1.807, 2.05) is 0 Å². The van der Waals surface area contributed by atoms with Gasteiger partial charge in [0.25, 0.3) is 0 Å². The van der Waals surface area contributed by atoms with Crippen molar-refractivity contribution < 1.29 is 23.4 Å². The summed E-state index contributed by atoms with van der Waals surface area (Å²) in [5.41, 5.74) is 0. The third kappa shape index (κ3) is 3.52. The molecule has 1 rings (SSSR count). The Labute approximate surface area is 82.9 Å². The molecule has 1 fully saturated rings. The average Bonchev–Trinajstić information content (AvgIpc) is 2.59. The fourth-order valence-corrected chi connectivity index (χ4v) is 1.88. The number of unbranched alkanes of at least 4 members (excludes halogenated alkanes) is 1. The van der Waals surface area contributed by atoms with Gasteiger partial charge in [-0.3, -0.25) is 4.57 Å². The van der Waals surface area contributed by atoms with Crippen LogP contribution >= 0.6 is 8.03 Å². The molecule has 0 N–H and O–H groups in total. The smallest absolute Gasteiger partial charge is 0.430 e. The molecule has 1 aliphatic rings. The molecule has 0 amide bonds. The number of cyclic esters (lactones) is 2. The Morgan fingerprint density at radius 3 is 3.07 bits per heavy atom. The lowest BCUT2D eigenvalue weighted by molar-refractivity contribution is 0.126. The Balaban J connectivity index is 2.15. The summed E-state index contributed by atoms with van der Waals surface area (Å²) in [4.78, 5) is 10.5. The maximum Gasteiger partial charge on any atom is 0.509 e. The van der Waals surface area contributed by atoms with E-state index < -0.39 is 20.0 Å². The Morgan fingerprint density at radius 1 is 1.71 bits per heavy atom. The van der Waals surface area contributed by atoms with Crippen LogP contribution < -0.4 is 0 Å². The first-order chi connectivity index (χ1) is 6.74. The topological polar surface area (TPSA) is 61.8 Å². The molecule has 6 heteroatoms. The number of rotatable bonds is 6. The van der Waals surface area contributed by atoms with Crippen molar-refractivity contribution >= 4 is 14.2 Å². The average molecular weight is 220 g/mol. The van der Waals surface area contributed by atoms with Crippen molar-refractivity contribution in [2.45, 2.75) is 18.7 Å².